The summed E-state index contributed by atoms with van der Waals surface area (Å²) in [5, 5.41) is 0. The van der Waals surface area contributed by atoms with E-state index in [1.165, 1.54) is 32.1 Å². The third-order valence-electron chi connectivity index (χ3n) is 4.21. The summed E-state index contributed by atoms with van der Waals surface area (Å²) in [6.07, 6.45) is 8.16. The van der Waals surface area contributed by atoms with Crippen LogP contribution in [0, 0.1) is 0 Å². The fourth-order valence-electron chi connectivity index (χ4n) is 3.24. The first kappa shape index (κ1) is 15.0. The van der Waals surface area contributed by atoms with Crippen molar-refractivity contribution in [3.05, 3.63) is 11.9 Å². The molecule has 0 bridgehead atoms. The van der Waals surface area contributed by atoms with Gasteiger partial charge >= 0.3 is 0 Å². The fraction of sp³-hybridized carbons (Fsp3) is 0.733. The molecule has 1 aromatic rings. The Hall–Kier alpha value is -1.36. The van der Waals surface area contributed by atoms with E-state index in [0.717, 1.165) is 23.7 Å². The van der Waals surface area contributed by atoms with Gasteiger partial charge in [-0.25, -0.2) is 15.8 Å². The van der Waals surface area contributed by atoms with Gasteiger partial charge in [0.05, 0.1) is 0 Å². The summed E-state index contributed by atoms with van der Waals surface area (Å²) in [6.45, 7) is 7.51. The van der Waals surface area contributed by atoms with Gasteiger partial charge in [-0.15, -0.1) is 0 Å². The van der Waals surface area contributed by atoms with E-state index in [9.17, 15) is 0 Å². The maximum absolute atomic E-state index is 5.62. The van der Waals surface area contributed by atoms with Crippen molar-refractivity contribution in [2.24, 2.45) is 5.84 Å². The van der Waals surface area contributed by atoms with Gasteiger partial charge in [-0.05, 0) is 25.7 Å². The van der Waals surface area contributed by atoms with Crippen LogP contribution >= 0.6 is 0 Å². The maximum atomic E-state index is 5.62. The molecule has 1 saturated carbocycles. The summed E-state index contributed by atoms with van der Waals surface area (Å²) in [7, 11) is 0. The van der Waals surface area contributed by atoms with E-state index < -0.39 is 0 Å². The van der Waals surface area contributed by atoms with Gasteiger partial charge in [-0.3, -0.25) is 0 Å². The smallest absolute Gasteiger partial charge is 0.148 e. The number of anilines is 2. The number of nitrogens with two attached hydrogens (primary N) is 1. The van der Waals surface area contributed by atoms with Crippen molar-refractivity contribution in [3.8, 4) is 0 Å². The second-order valence-corrected chi connectivity index (χ2v) is 5.84. The molecule has 112 valence electrons. The van der Waals surface area contributed by atoms with Crippen molar-refractivity contribution in [2.75, 3.05) is 16.9 Å². The first-order chi connectivity index (χ1) is 9.69. The van der Waals surface area contributed by atoms with Crippen LogP contribution in [0.5, 0.6) is 0 Å². The monoisotopic (exact) mass is 277 g/mol. The molecule has 2 rings (SSSR count). The molecule has 0 spiro atoms. The highest BCUT2D eigenvalue weighted by atomic mass is 15.3. The average Bonchev–Trinajstić information content (AvgIpc) is 2.48. The van der Waals surface area contributed by atoms with Crippen LogP contribution in [0.3, 0.4) is 0 Å². The van der Waals surface area contributed by atoms with E-state index in [-0.39, 0.29) is 0 Å². The first-order valence-electron chi connectivity index (χ1n) is 7.77. The van der Waals surface area contributed by atoms with Gasteiger partial charge in [0.15, 0.2) is 0 Å². The second kappa shape index (κ2) is 6.88. The lowest BCUT2D eigenvalue weighted by atomic mass is 9.93. The largest absolute Gasteiger partial charge is 0.354 e. The Balaban J connectivity index is 2.37. The Morgan fingerprint density at radius 1 is 1.30 bits per heavy atom. The minimum atomic E-state index is 0.342. The molecule has 0 saturated heterocycles. The number of hydrogen-bond acceptors (Lipinski definition) is 5. The zero-order chi connectivity index (χ0) is 14.5. The summed E-state index contributed by atoms with van der Waals surface area (Å²) in [5.41, 5.74) is 3.85. The Bertz CT molecular complexity index is 426. The van der Waals surface area contributed by atoms with Crippen LogP contribution in [0.2, 0.25) is 0 Å². The molecular formula is C15H27N5. The molecule has 1 fully saturated rings. The van der Waals surface area contributed by atoms with Crippen molar-refractivity contribution < 1.29 is 0 Å². The Labute approximate surface area is 121 Å². The summed E-state index contributed by atoms with van der Waals surface area (Å²) in [4.78, 5) is 11.3. The van der Waals surface area contributed by atoms with Crippen LogP contribution in [0.15, 0.2) is 6.33 Å². The molecule has 0 unspecified atom stereocenters. The van der Waals surface area contributed by atoms with Gasteiger partial charge in [0.25, 0.3) is 0 Å². The molecule has 5 heteroatoms. The van der Waals surface area contributed by atoms with Gasteiger partial charge in [-0.1, -0.05) is 33.1 Å². The van der Waals surface area contributed by atoms with Crippen LogP contribution in [0.25, 0.3) is 0 Å². The number of hydrazine groups is 1. The van der Waals surface area contributed by atoms with E-state index in [4.69, 9.17) is 5.84 Å². The van der Waals surface area contributed by atoms with Crippen molar-refractivity contribution in [3.63, 3.8) is 0 Å². The molecule has 0 atom stereocenters. The zero-order valence-corrected chi connectivity index (χ0v) is 12.9. The highest BCUT2D eigenvalue weighted by Crippen LogP contribution is 2.34. The lowest BCUT2D eigenvalue weighted by Gasteiger charge is -2.36. The standard InChI is InChI=1S/C15H27N5/c1-4-20(12-8-6-5-7-9-12)15-13(11(2)3)14(19-16)17-10-18-15/h10-12H,4-9,16H2,1-3H3,(H,17,18,19). The predicted octanol–water partition coefficient (Wildman–Crippen LogP) is 3.04. The highest BCUT2D eigenvalue weighted by molar-refractivity contribution is 5.60. The van der Waals surface area contributed by atoms with Crippen molar-refractivity contribution in [1.82, 2.24) is 9.97 Å². The SMILES string of the molecule is CCN(c1ncnc(NN)c1C(C)C)C1CCCCC1. The highest BCUT2D eigenvalue weighted by Gasteiger charge is 2.25. The molecule has 1 heterocycles. The van der Waals surface area contributed by atoms with E-state index in [0.29, 0.717) is 12.0 Å². The lowest BCUT2D eigenvalue weighted by Crippen LogP contribution is -2.38. The first-order valence-corrected chi connectivity index (χ1v) is 7.77. The summed E-state index contributed by atoms with van der Waals surface area (Å²) in [5.74, 6) is 7.76. The predicted molar refractivity (Wildman–Crippen MR) is 83.8 cm³/mol. The summed E-state index contributed by atoms with van der Waals surface area (Å²) >= 11 is 0. The summed E-state index contributed by atoms with van der Waals surface area (Å²) in [6, 6.07) is 0.603. The van der Waals surface area contributed by atoms with E-state index in [1.54, 1.807) is 6.33 Å². The molecule has 0 radical (unpaired) electrons. The van der Waals surface area contributed by atoms with Crippen LogP contribution in [0.4, 0.5) is 11.6 Å². The molecular weight excluding hydrogens is 250 g/mol. The number of rotatable bonds is 5. The Morgan fingerprint density at radius 2 is 2.00 bits per heavy atom. The van der Waals surface area contributed by atoms with Gasteiger partial charge in [0.1, 0.15) is 18.0 Å². The molecule has 0 aromatic carbocycles. The number of nitrogens with zero attached hydrogens (tertiary/aromatic N) is 3. The van der Waals surface area contributed by atoms with Gasteiger partial charge < -0.3 is 10.3 Å². The van der Waals surface area contributed by atoms with E-state index in [2.05, 4.69) is 41.1 Å². The van der Waals surface area contributed by atoms with Gasteiger partial charge in [-0.2, -0.15) is 0 Å². The van der Waals surface area contributed by atoms with Gasteiger partial charge in [0, 0.05) is 18.2 Å². The zero-order valence-electron chi connectivity index (χ0n) is 12.9. The van der Waals surface area contributed by atoms with Crippen LogP contribution in [-0.2, 0) is 0 Å². The maximum Gasteiger partial charge on any atom is 0.148 e. The van der Waals surface area contributed by atoms with E-state index in [1.807, 2.05) is 0 Å². The molecule has 5 nitrogen and oxygen atoms in total. The normalized spacial score (nSPS) is 16.4. The average molecular weight is 277 g/mol. The molecule has 1 aliphatic rings. The second-order valence-electron chi connectivity index (χ2n) is 5.84. The van der Waals surface area contributed by atoms with Crippen molar-refractivity contribution >= 4 is 11.6 Å². The minimum Gasteiger partial charge on any atom is -0.354 e. The number of nitrogen functional groups attached to an aromatic ring is 1. The van der Waals surface area contributed by atoms with Crippen LogP contribution in [-0.4, -0.2) is 22.6 Å². The summed E-state index contributed by atoms with van der Waals surface area (Å²) < 4.78 is 0. The van der Waals surface area contributed by atoms with Gasteiger partial charge in [0.2, 0.25) is 0 Å². The molecule has 20 heavy (non-hydrogen) atoms. The fourth-order valence-corrected chi connectivity index (χ4v) is 3.24. The number of nitrogens with one attached hydrogen (secondary N) is 1. The molecule has 1 aromatic heterocycles. The van der Waals surface area contributed by atoms with Crippen LogP contribution in [0.1, 0.15) is 64.4 Å². The third-order valence-corrected chi connectivity index (χ3v) is 4.21. The topological polar surface area (TPSA) is 67.1 Å². The molecule has 1 aliphatic carbocycles. The van der Waals surface area contributed by atoms with Crippen LogP contribution < -0.4 is 16.2 Å². The molecule has 0 aliphatic heterocycles. The minimum absolute atomic E-state index is 0.342. The van der Waals surface area contributed by atoms with E-state index >= 15 is 0 Å². The molecule has 3 N–H and O–H groups in total. The quantitative estimate of drug-likeness (QED) is 0.639. The van der Waals surface area contributed by atoms with Crippen molar-refractivity contribution in [1.29, 1.82) is 0 Å². The molecule has 0 amide bonds. The number of aromatic nitrogens is 2. The lowest BCUT2D eigenvalue weighted by molar-refractivity contribution is 0.415. The Kier molecular flexibility index (Phi) is 5.17. The van der Waals surface area contributed by atoms with Crippen molar-refractivity contribution in [2.45, 2.75) is 64.8 Å². The Morgan fingerprint density at radius 3 is 2.55 bits per heavy atom. The third kappa shape index (κ3) is 3.03. The number of hydrogen-bond donors (Lipinski definition) is 2.